The van der Waals surface area contributed by atoms with Crippen LogP contribution in [-0.4, -0.2) is 25.2 Å². The van der Waals surface area contributed by atoms with Gasteiger partial charge in [-0.05, 0) is 0 Å². The van der Waals surface area contributed by atoms with E-state index < -0.39 is 0 Å². The van der Waals surface area contributed by atoms with Gasteiger partial charge < -0.3 is 0 Å². The van der Waals surface area contributed by atoms with Crippen molar-refractivity contribution in [2.24, 2.45) is 9.98 Å². The summed E-state index contributed by atoms with van der Waals surface area (Å²) in [6.07, 6.45) is 2.97. The van der Waals surface area contributed by atoms with Crippen molar-refractivity contribution in [2.75, 3.05) is 0 Å². The number of hydrogen-bond acceptors (Lipinski definition) is 2. The quantitative estimate of drug-likeness (QED) is 0.363. The SMILES string of the molecule is O=CN=CC=NC=O. The van der Waals surface area contributed by atoms with Gasteiger partial charge in [0.05, 0.1) is 0 Å². The second-order valence-electron chi connectivity index (χ2n) is 0.807. The van der Waals surface area contributed by atoms with Gasteiger partial charge in [-0.3, -0.25) is 9.59 Å². The molecule has 0 unspecified atom stereocenters. The Morgan fingerprint density at radius 1 is 0.875 bits per heavy atom. The van der Waals surface area contributed by atoms with Crippen molar-refractivity contribution in [1.29, 1.82) is 0 Å². The van der Waals surface area contributed by atoms with Crippen molar-refractivity contribution in [3.63, 3.8) is 0 Å². The monoisotopic (exact) mass is 112 g/mol. The van der Waals surface area contributed by atoms with Gasteiger partial charge in [0.15, 0.2) is 0 Å². The lowest BCUT2D eigenvalue weighted by Crippen LogP contribution is -1.75. The average molecular weight is 112 g/mol. The highest BCUT2D eigenvalue weighted by atomic mass is 16.1. The number of carbonyl (C=O) groups is 2. The number of aliphatic imine (C=N–C) groups is 2. The maximum atomic E-state index is 9.42. The molecule has 0 atom stereocenters. The maximum Gasteiger partial charge on any atom is 0.232 e. The first-order chi connectivity index (χ1) is 3.91. The van der Waals surface area contributed by atoms with Crippen molar-refractivity contribution >= 4 is 25.2 Å². The molecule has 0 saturated heterocycles. The molecule has 0 aliphatic heterocycles. The molecule has 0 aromatic rings. The fourth-order valence-corrected chi connectivity index (χ4v) is 0.147. The van der Waals surface area contributed by atoms with Crippen LogP contribution in [0, 0.1) is 0 Å². The minimum absolute atomic E-state index is 0.358. The van der Waals surface area contributed by atoms with E-state index in [0.29, 0.717) is 12.8 Å². The Balaban J connectivity index is 3.41. The molecule has 0 aliphatic carbocycles. The van der Waals surface area contributed by atoms with Gasteiger partial charge in [0.2, 0.25) is 12.8 Å². The largest absolute Gasteiger partial charge is 0.276 e. The van der Waals surface area contributed by atoms with Gasteiger partial charge in [0, 0.05) is 12.4 Å². The van der Waals surface area contributed by atoms with Crippen molar-refractivity contribution in [3.8, 4) is 0 Å². The van der Waals surface area contributed by atoms with Gasteiger partial charge in [0.1, 0.15) is 0 Å². The molecule has 0 bridgehead atoms. The van der Waals surface area contributed by atoms with Gasteiger partial charge in [-0.1, -0.05) is 0 Å². The third-order valence-electron chi connectivity index (χ3n) is 0.361. The molecule has 42 valence electrons. The summed E-state index contributed by atoms with van der Waals surface area (Å²) in [5.41, 5.74) is 0. The summed E-state index contributed by atoms with van der Waals surface area (Å²) in [4.78, 5) is 25.0. The number of hydrogen-bond donors (Lipinski definition) is 0. The molecule has 2 amide bonds. The van der Waals surface area contributed by atoms with E-state index in [4.69, 9.17) is 0 Å². The summed E-state index contributed by atoms with van der Waals surface area (Å²) in [6, 6.07) is 0. The van der Waals surface area contributed by atoms with Crippen LogP contribution in [0.2, 0.25) is 0 Å². The van der Waals surface area contributed by atoms with E-state index in [-0.39, 0.29) is 0 Å². The molecule has 0 aliphatic rings. The van der Waals surface area contributed by atoms with Crippen LogP contribution in [0.4, 0.5) is 0 Å². The second-order valence-corrected chi connectivity index (χ2v) is 0.807. The van der Waals surface area contributed by atoms with Crippen molar-refractivity contribution in [3.05, 3.63) is 0 Å². The van der Waals surface area contributed by atoms with Crippen molar-refractivity contribution in [1.82, 2.24) is 0 Å². The Morgan fingerprint density at radius 2 is 1.25 bits per heavy atom. The first-order valence-corrected chi connectivity index (χ1v) is 1.84. The molecule has 0 saturated carbocycles. The zero-order valence-electron chi connectivity index (χ0n) is 4.02. The summed E-state index contributed by atoms with van der Waals surface area (Å²) in [6.45, 7) is 0. The molecule has 0 fully saturated rings. The predicted molar refractivity (Wildman–Crippen MR) is 29.1 cm³/mol. The third-order valence-corrected chi connectivity index (χ3v) is 0.361. The van der Waals surface area contributed by atoms with Crippen LogP contribution >= 0.6 is 0 Å². The van der Waals surface area contributed by atoms with E-state index >= 15 is 0 Å². The zero-order chi connectivity index (χ0) is 6.24. The Bertz CT molecular complexity index is 112. The summed E-state index contributed by atoms with van der Waals surface area (Å²) in [5, 5.41) is 0. The van der Waals surface area contributed by atoms with Crippen LogP contribution in [0.3, 0.4) is 0 Å². The molecule has 8 heavy (non-hydrogen) atoms. The van der Waals surface area contributed by atoms with Crippen LogP contribution in [-0.2, 0) is 9.59 Å². The molecule has 0 spiro atoms. The molecule has 0 radical (unpaired) electrons. The number of rotatable bonds is 3. The molecule has 0 aromatic carbocycles. The Kier molecular flexibility index (Phi) is 4.74. The first-order valence-electron chi connectivity index (χ1n) is 1.84. The predicted octanol–water partition coefficient (Wildman–Crippen LogP) is -0.559. The highest BCUT2D eigenvalue weighted by molar-refractivity contribution is 6.18. The molecule has 4 heteroatoms. The lowest BCUT2D eigenvalue weighted by molar-refractivity contribution is -0.107. The summed E-state index contributed by atoms with van der Waals surface area (Å²) in [7, 11) is 0. The summed E-state index contributed by atoms with van der Waals surface area (Å²) < 4.78 is 0. The van der Waals surface area contributed by atoms with E-state index in [1.165, 1.54) is 0 Å². The molecule has 0 N–H and O–H groups in total. The van der Waals surface area contributed by atoms with Crippen LogP contribution in [0.25, 0.3) is 0 Å². The molecule has 0 rings (SSSR count). The fourth-order valence-electron chi connectivity index (χ4n) is 0.147. The second kappa shape index (κ2) is 5.68. The zero-order valence-corrected chi connectivity index (χ0v) is 4.02. The maximum absolute atomic E-state index is 9.42. The minimum atomic E-state index is 0.358. The Morgan fingerprint density at radius 3 is 1.50 bits per heavy atom. The van der Waals surface area contributed by atoms with Crippen LogP contribution < -0.4 is 0 Å². The number of nitrogens with zero attached hydrogens (tertiary/aromatic N) is 2. The molecule has 0 aromatic heterocycles. The standard InChI is InChI=1S/C4H4N2O2/c7-3-5-1-2-6-4-8/h1-4H. The normalized spacial score (nSPS) is 10.5. The Hall–Kier alpha value is -1.32. The molecular weight excluding hydrogens is 108 g/mol. The number of carbonyl (C=O) groups excluding carboxylic acids is 2. The lowest BCUT2D eigenvalue weighted by Gasteiger charge is -1.63. The van der Waals surface area contributed by atoms with Gasteiger partial charge in [0.25, 0.3) is 0 Å². The third kappa shape index (κ3) is 4.68. The van der Waals surface area contributed by atoms with E-state index in [1.54, 1.807) is 0 Å². The highest BCUT2D eigenvalue weighted by Crippen LogP contribution is 1.51. The lowest BCUT2D eigenvalue weighted by atomic mass is 10.8. The van der Waals surface area contributed by atoms with Crippen LogP contribution in [0.1, 0.15) is 0 Å². The van der Waals surface area contributed by atoms with E-state index in [1.807, 2.05) is 0 Å². The molecule has 4 nitrogen and oxygen atoms in total. The van der Waals surface area contributed by atoms with Crippen LogP contribution in [0.15, 0.2) is 9.98 Å². The minimum Gasteiger partial charge on any atom is -0.276 e. The smallest absolute Gasteiger partial charge is 0.232 e. The van der Waals surface area contributed by atoms with E-state index in [0.717, 1.165) is 12.4 Å². The average Bonchev–Trinajstić information content (AvgIpc) is 1.81. The topological polar surface area (TPSA) is 58.9 Å². The first kappa shape index (κ1) is 6.68. The summed E-state index contributed by atoms with van der Waals surface area (Å²) >= 11 is 0. The molecular formula is C4H4N2O2. The van der Waals surface area contributed by atoms with Crippen LogP contribution in [0.5, 0.6) is 0 Å². The summed E-state index contributed by atoms with van der Waals surface area (Å²) in [5.74, 6) is 0. The van der Waals surface area contributed by atoms with Gasteiger partial charge >= 0.3 is 0 Å². The highest BCUT2D eigenvalue weighted by Gasteiger charge is 1.60. The van der Waals surface area contributed by atoms with Gasteiger partial charge in [-0.25, -0.2) is 9.98 Å². The van der Waals surface area contributed by atoms with E-state index in [2.05, 4.69) is 9.98 Å². The molecule has 0 heterocycles. The fraction of sp³-hybridized carbons (Fsp3) is 0. The Labute approximate surface area is 45.9 Å². The van der Waals surface area contributed by atoms with Crippen molar-refractivity contribution in [2.45, 2.75) is 0 Å². The number of amides is 2. The van der Waals surface area contributed by atoms with Gasteiger partial charge in [-0.2, -0.15) is 0 Å². The van der Waals surface area contributed by atoms with E-state index in [9.17, 15) is 9.59 Å². The van der Waals surface area contributed by atoms with Crippen molar-refractivity contribution < 1.29 is 9.59 Å². The van der Waals surface area contributed by atoms with Gasteiger partial charge in [-0.15, -0.1) is 0 Å².